The van der Waals surface area contributed by atoms with E-state index >= 15 is 0 Å². The molecule has 4 atom stereocenters. The smallest absolute Gasteiger partial charge is 0.326 e. The minimum Gasteiger partial charge on any atom is -0.465 e. The van der Waals surface area contributed by atoms with Crippen molar-refractivity contribution in [2.45, 2.75) is 57.4 Å². The molecule has 0 unspecified atom stereocenters. The quantitative estimate of drug-likeness (QED) is 0.393. The van der Waals surface area contributed by atoms with E-state index in [0.29, 0.717) is 5.56 Å². The molecule has 0 radical (unpaired) electrons. The normalized spacial score (nSPS) is 25.9. The van der Waals surface area contributed by atoms with Gasteiger partial charge in [-0.3, -0.25) is 14.4 Å². The van der Waals surface area contributed by atoms with Crippen molar-refractivity contribution in [3.63, 3.8) is 0 Å². The molecule has 0 N–H and O–H groups in total. The lowest BCUT2D eigenvalue weighted by Crippen LogP contribution is -2.50. The van der Waals surface area contributed by atoms with E-state index in [1.165, 1.54) is 0 Å². The number of carbonyl (C=O) groups is 3. The van der Waals surface area contributed by atoms with Crippen LogP contribution in [0.3, 0.4) is 0 Å². The monoisotopic (exact) mass is 543 g/mol. The Hall–Kier alpha value is -2.71. The number of benzene rings is 2. The number of fused-ring (bicyclic) bond motifs is 1. The van der Waals surface area contributed by atoms with Gasteiger partial charge in [0.15, 0.2) is 11.6 Å². The number of carbonyl (C=O) groups excluding carboxylic acids is 3. The average molecular weight is 544 g/mol. The Morgan fingerprint density at radius 3 is 2.37 bits per heavy atom. The first kappa shape index (κ1) is 25.4. The van der Waals surface area contributed by atoms with Crippen LogP contribution in [0.4, 0.5) is 0 Å². The summed E-state index contributed by atoms with van der Waals surface area (Å²) in [5.74, 6) is -2.31. The number of rotatable bonds is 6. The second kappa shape index (κ2) is 9.74. The van der Waals surface area contributed by atoms with Crippen molar-refractivity contribution in [3.05, 3.63) is 70.2 Å². The van der Waals surface area contributed by atoms with Crippen LogP contribution in [0.5, 0.6) is 0 Å². The summed E-state index contributed by atoms with van der Waals surface area (Å²) in [7, 11) is 0. The number of ether oxygens (including phenoxy) is 3. The minimum atomic E-state index is -1.70. The Morgan fingerprint density at radius 2 is 1.77 bits per heavy atom. The maximum absolute atomic E-state index is 14.4. The zero-order valence-electron chi connectivity index (χ0n) is 20.3. The van der Waals surface area contributed by atoms with E-state index in [0.717, 1.165) is 10.0 Å². The fourth-order valence-electron chi connectivity index (χ4n) is 5.12. The third kappa shape index (κ3) is 4.61. The first-order valence-electron chi connectivity index (χ1n) is 11.7. The van der Waals surface area contributed by atoms with Crippen LogP contribution in [-0.4, -0.2) is 47.6 Å². The van der Waals surface area contributed by atoms with Gasteiger partial charge in [-0.25, -0.2) is 0 Å². The summed E-state index contributed by atoms with van der Waals surface area (Å²) in [6.07, 6.45) is -0.800. The van der Waals surface area contributed by atoms with Gasteiger partial charge in [0.2, 0.25) is 5.91 Å². The van der Waals surface area contributed by atoms with E-state index < -0.39 is 47.0 Å². The predicted octanol–water partition coefficient (Wildman–Crippen LogP) is 4.54. The van der Waals surface area contributed by atoms with E-state index in [1.807, 2.05) is 30.3 Å². The highest BCUT2D eigenvalue weighted by atomic mass is 79.9. The van der Waals surface area contributed by atoms with Crippen molar-refractivity contribution in [2.24, 2.45) is 5.92 Å². The molecular weight excluding hydrogens is 514 g/mol. The Kier molecular flexibility index (Phi) is 7.06. The summed E-state index contributed by atoms with van der Waals surface area (Å²) >= 11 is 3.43. The molecule has 8 heteroatoms. The van der Waals surface area contributed by atoms with Crippen molar-refractivity contribution in [1.82, 2.24) is 4.90 Å². The van der Waals surface area contributed by atoms with Gasteiger partial charge in [-0.15, -0.1) is 0 Å². The summed E-state index contributed by atoms with van der Waals surface area (Å²) < 4.78 is 18.0. The van der Waals surface area contributed by atoms with E-state index in [2.05, 4.69) is 15.9 Å². The van der Waals surface area contributed by atoms with Gasteiger partial charge in [0.05, 0.1) is 25.7 Å². The number of halogens is 1. The lowest BCUT2D eigenvalue weighted by Gasteiger charge is -2.33. The summed E-state index contributed by atoms with van der Waals surface area (Å²) in [6.45, 7) is 7.35. The number of nitrogens with zero attached hydrogens (tertiary/aromatic N) is 1. The molecule has 2 aromatic rings. The lowest BCUT2D eigenvalue weighted by atomic mass is 9.68. The van der Waals surface area contributed by atoms with E-state index in [4.69, 9.17) is 14.2 Å². The average Bonchev–Trinajstić information content (AvgIpc) is 3.33. The van der Waals surface area contributed by atoms with Crippen LogP contribution in [-0.2, 0) is 34.0 Å². The van der Waals surface area contributed by atoms with Gasteiger partial charge >= 0.3 is 11.9 Å². The van der Waals surface area contributed by atoms with Crippen molar-refractivity contribution >= 4 is 33.8 Å². The van der Waals surface area contributed by atoms with Crippen LogP contribution >= 0.6 is 15.9 Å². The number of hydrogen-bond acceptors (Lipinski definition) is 6. The maximum atomic E-state index is 14.4. The fraction of sp³-hybridized carbons (Fsp3) is 0.444. The molecule has 2 aromatic carbocycles. The molecule has 2 heterocycles. The molecule has 2 fully saturated rings. The highest BCUT2D eigenvalue weighted by Crippen LogP contribution is 2.53. The van der Waals surface area contributed by atoms with Crippen LogP contribution in [0.2, 0.25) is 0 Å². The summed E-state index contributed by atoms with van der Waals surface area (Å²) in [5.41, 5.74) is -1.12. The zero-order chi connectivity index (χ0) is 25.4. The van der Waals surface area contributed by atoms with Gasteiger partial charge in [-0.05, 0) is 45.4 Å². The molecule has 7 nitrogen and oxygen atoms in total. The number of hydrogen-bond donors (Lipinski definition) is 0. The molecule has 0 saturated carbocycles. The topological polar surface area (TPSA) is 82.1 Å². The molecule has 186 valence electrons. The molecule has 1 amide bonds. The molecule has 0 aliphatic carbocycles. The van der Waals surface area contributed by atoms with Crippen LogP contribution in [0.1, 0.15) is 51.5 Å². The molecule has 2 aliphatic rings. The molecule has 0 spiro atoms. The largest absolute Gasteiger partial charge is 0.465 e. The first-order chi connectivity index (χ1) is 16.6. The third-order valence-corrected chi connectivity index (χ3v) is 6.94. The standard InChI is InChI=1S/C27H30BrNO6/c1-5-33-25(32)27(18-11-13-19(28)14-12-18)20(15-22(30)35-26(2,3)4)21-16-34-23(29(21)24(27)31)17-9-7-6-8-10-17/h6-14,20-21,23H,5,15-16H2,1-4H3/t20-,21-,23-,27-/m1/s1. The van der Waals surface area contributed by atoms with E-state index in [1.54, 1.807) is 56.9 Å². The molecule has 0 bridgehead atoms. The maximum Gasteiger partial charge on any atom is 0.326 e. The highest BCUT2D eigenvalue weighted by Gasteiger charge is 2.68. The SMILES string of the molecule is CCOC(=O)[C@@]1(c2ccc(Br)cc2)C(=O)N2[C@@H](c3ccccc3)OC[C@@H]2[C@H]1CC(=O)OC(C)(C)C. The Bertz CT molecular complexity index is 1100. The van der Waals surface area contributed by atoms with E-state index in [9.17, 15) is 14.4 Å². The molecule has 0 aromatic heterocycles. The van der Waals surface area contributed by atoms with Crippen LogP contribution in [0.15, 0.2) is 59.1 Å². The van der Waals surface area contributed by atoms with Crippen molar-refractivity contribution < 1.29 is 28.6 Å². The number of amides is 1. The molecule has 4 rings (SSSR count). The van der Waals surface area contributed by atoms with Crippen molar-refractivity contribution in [3.8, 4) is 0 Å². The molecule has 35 heavy (non-hydrogen) atoms. The Morgan fingerprint density at radius 1 is 1.11 bits per heavy atom. The van der Waals surface area contributed by atoms with Crippen LogP contribution in [0, 0.1) is 5.92 Å². The van der Waals surface area contributed by atoms with Gasteiger partial charge in [0.1, 0.15) is 5.60 Å². The van der Waals surface area contributed by atoms with Crippen LogP contribution < -0.4 is 0 Å². The lowest BCUT2D eigenvalue weighted by molar-refractivity contribution is -0.161. The summed E-state index contributed by atoms with van der Waals surface area (Å²) in [4.78, 5) is 42.8. The van der Waals surface area contributed by atoms with Crippen LogP contribution in [0.25, 0.3) is 0 Å². The zero-order valence-corrected chi connectivity index (χ0v) is 21.9. The molecular formula is C27H30BrNO6. The summed E-state index contributed by atoms with van der Waals surface area (Å²) in [6, 6.07) is 15.9. The second-order valence-corrected chi connectivity index (χ2v) is 10.7. The van der Waals surface area contributed by atoms with Gasteiger partial charge in [-0.2, -0.15) is 0 Å². The van der Waals surface area contributed by atoms with Gasteiger partial charge < -0.3 is 19.1 Å². The highest BCUT2D eigenvalue weighted by molar-refractivity contribution is 9.10. The first-order valence-corrected chi connectivity index (χ1v) is 12.5. The molecule has 2 saturated heterocycles. The third-order valence-electron chi connectivity index (χ3n) is 6.42. The Labute approximate surface area is 213 Å². The fourth-order valence-corrected chi connectivity index (χ4v) is 5.38. The van der Waals surface area contributed by atoms with Gasteiger partial charge in [0, 0.05) is 16.0 Å². The minimum absolute atomic E-state index is 0.104. The van der Waals surface area contributed by atoms with Crippen molar-refractivity contribution in [1.29, 1.82) is 0 Å². The summed E-state index contributed by atoms with van der Waals surface area (Å²) in [5, 5.41) is 0. The van der Waals surface area contributed by atoms with E-state index in [-0.39, 0.29) is 19.6 Å². The predicted molar refractivity (Wildman–Crippen MR) is 132 cm³/mol. The number of esters is 2. The molecule has 2 aliphatic heterocycles. The van der Waals surface area contributed by atoms with Gasteiger partial charge in [0.25, 0.3) is 0 Å². The van der Waals surface area contributed by atoms with Crippen molar-refractivity contribution in [2.75, 3.05) is 13.2 Å². The van der Waals surface area contributed by atoms with Gasteiger partial charge in [-0.1, -0.05) is 58.4 Å². The second-order valence-electron chi connectivity index (χ2n) is 9.81. The Balaban J connectivity index is 1.86.